The van der Waals surface area contributed by atoms with Gasteiger partial charge in [0.25, 0.3) is 0 Å². The van der Waals surface area contributed by atoms with E-state index >= 15 is 13.2 Å². The molecule has 2 aromatic carbocycles. The van der Waals surface area contributed by atoms with Gasteiger partial charge in [0.15, 0.2) is 17.3 Å². The normalized spacial score (nSPS) is 20.4. The van der Waals surface area contributed by atoms with Gasteiger partial charge < -0.3 is 19.3 Å². The van der Waals surface area contributed by atoms with E-state index in [1.54, 1.807) is 54.5 Å². The minimum atomic E-state index is -5.35. The molecule has 298 valence electrons. The molecule has 3 atom stereocenters. The van der Waals surface area contributed by atoms with Crippen molar-refractivity contribution in [3.8, 4) is 22.8 Å². The first-order chi connectivity index (χ1) is 25.5. The number of aliphatic hydroxyl groups is 1. The zero-order chi connectivity index (χ0) is 40.3. The second-order valence-electron chi connectivity index (χ2n) is 16.7. The number of hydrogen-bond donors (Lipinski definition) is 2. The molecule has 10 nitrogen and oxygen atoms in total. The molecule has 2 fully saturated rings. The fourth-order valence-electron chi connectivity index (χ4n) is 6.11. The second kappa shape index (κ2) is 14.5. The standard InChI is InChI=1S/C40H47F4N3O7S/c1-36(2,3)54-35(49)47-22-38(7,46-55(51)37(4,5)6)28-21-32(45-33(34(28)47)23-8-11-25(41)12-9-23)39(50,40(42,43)44)19-18-29(48)24-10-17-30(52-26-13-14-26)31(20-24)53-27-15-16-27/h8-12,17,20-21,26-27,46,50H,13-16,18-19,22H2,1-7H3/t38-,39-,55?/m1/s1. The number of carbonyl (C=O) groups excluding carboxylic acids is 2. The van der Waals surface area contributed by atoms with Gasteiger partial charge in [0.05, 0.1) is 57.1 Å². The first kappa shape index (κ1) is 40.6. The maximum Gasteiger partial charge on any atom is 0.422 e. The molecule has 0 spiro atoms. The van der Waals surface area contributed by atoms with Crippen LogP contribution in [0.2, 0.25) is 0 Å². The Morgan fingerprint density at radius 1 is 0.945 bits per heavy atom. The van der Waals surface area contributed by atoms with E-state index in [1.165, 1.54) is 29.2 Å². The average molecular weight is 790 g/mol. The molecule has 1 aromatic heterocycles. The highest BCUT2D eigenvalue weighted by molar-refractivity contribution is 7.84. The number of ketones is 1. The number of alkyl halides is 3. The smallest absolute Gasteiger partial charge is 0.422 e. The average Bonchev–Trinajstić information content (AvgIpc) is 4.02. The van der Waals surface area contributed by atoms with Gasteiger partial charge in [0.1, 0.15) is 11.4 Å². The van der Waals surface area contributed by atoms with Crippen molar-refractivity contribution < 1.29 is 50.7 Å². The molecule has 2 saturated carbocycles. The fraction of sp³-hybridized carbons (Fsp3) is 0.525. The summed E-state index contributed by atoms with van der Waals surface area (Å²) in [5.41, 5.74) is -6.87. The van der Waals surface area contributed by atoms with Crippen molar-refractivity contribution in [1.82, 2.24) is 9.71 Å². The Balaban J connectivity index is 1.45. The summed E-state index contributed by atoms with van der Waals surface area (Å²) in [5.74, 6) is -0.512. The minimum Gasteiger partial charge on any atom is -0.487 e. The predicted molar refractivity (Wildman–Crippen MR) is 199 cm³/mol. The quantitative estimate of drug-likeness (QED) is 0.138. The van der Waals surface area contributed by atoms with E-state index in [-0.39, 0.29) is 46.8 Å². The number of benzene rings is 2. The van der Waals surface area contributed by atoms with Gasteiger partial charge in [-0.3, -0.25) is 9.69 Å². The van der Waals surface area contributed by atoms with Gasteiger partial charge >= 0.3 is 12.3 Å². The molecule has 2 aliphatic carbocycles. The van der Waals surface area contributed by atoms with Crippen molar-refractivity contribution in [2.75, 3.05) is 11.4 Å². The first-order valence-electron chi connectivity index (χ1n) is 18.3. The number of halogens is 4. The number of carbonyl (C=O) groups is 2. The van der Waals surface area contributed by atoms with Crippen molar-refractivity contribution in [3.05, 3.63) is 71.2 Å². The van der Waals surface area contributed by atoms with Crippen LogP contribution in [-0.4, -0.2) is 61.5 Å². The highest BCUT2D eigenvalue weighted by Crippen LogP contribution is 2.50. The van der Waals surface area contributed by atoms with Crippen LogP contribution in [0, 0.1) is 5.82 Å². The molecule has 3 aromatic rings. The summed E-state index contributed by atoms with van der Waals surface area (Å²) >= 11 is 0. The molecule has 1 unspecified atom stereocenters. The van der Waals surface area contributed by atoms with Crippen LogP contribution in [0.4, 0.5) is 28.0 Å². The number of nitrogens with one attached hydrogen (secondary N) is 1. The topological polar surface area (TPSA) is 127 Å². The van der Waals surface area contributed by atoms with Gasteiger partial charge in [-0.15, -0.1) is 0 Å². The lowest BCUT2D eigenvalue weighted by Crippen LogP contribution is -2.50. The van der Waals surface area contributed by atoms with Crippen LogP contribution >= 0.6 is 0 Å². The third-order valence-electron chi connectivity index (χ3n) is 9.45. The Labute approximate surface area is 320 Å². The summed E-state index contributed by atoms with van der Waals surface area (Å²) in [6.07, 6.45) is -4.58. The van der Waals surface area contributed by atoms with Crippen LogP contribution in [0.5, 0.6) is 11.5 Å². The van der Waals surface area contributed by atoms with Gasteiger partial charge in [0, 0.05) is 23.1 Å². The number of fused-ring (bicyclic) bond motifs is 1. The number of ether oxygens (including phenoxy) is 3. The number of Topliss-reactive ketones (excluding diaryl/α,β-unsaturated/α-hetero) is 1. The minimum absolute atomic E-state index is 0.0304. The molecule has 1 amide bonds. The van der Waals surface area contributed by atoms with Gasteiger partial charge in [-0.25, -0.2) is 23.1 Å². The zero-order valence-corrected chi connectivity index (χ0v) is 32.8. The van der Waals surface area contributed by atoms with Gasteiger partial charge in [-0.1, -0.05) is 0 Å². The van der Waals surface area contributed by atoms with E-state index in [0.717, 1.165) is 43.9 Å². The van der Waals surface area contributed by atoms with E-state index < -0.39 is 74.9 Å². The SMILES string of the molecule is CC(C)(C)OC(=O)N1C[C@@](C)(NS(=O)C(C)(C)C)c2cc([C@](O)(CCC(=O)c3ccc(OC4CC4)c(OC4CC4)c3)C(F)(F)F)nc(-c3ccc(F)cc3)c21. The fourth-order valence-corrected chi connectivity index (χ4v) is 7.00. The molecule has 1 aliphatic heterocycles. The number of pyridine rings is 1. The number of hydrogen-bond acceptors (Lipinski definition) is 8. The Hall–Kier alpha value is -4.08. The molecule has 3 aliphatic rings. The molecule has 6 rings (SSSR count). The molecule has 0 radical (unpaired) electrons. The van der Waals surface area contributed by atoms with E-state index in [1.807, 2.05) is 0 Å². The molecule has 55 heavy (non-hydrogen) atoms. The summed E-state index contributed by atoms with van der Waals surface area (Å²) in [7, 11) is -1.80. The number of nitrogens with zero attached hydrogens (tertiary/aromatic N) is 2. The van der Waals surface area contributed by atoms with Gasteiger partial charge in [-0.05, 0) is 129 Å². The van der Waals surface area contributed by atoms with E-state index in [2.05, 4.69) is 9.71 Å². The summed E-state index contributed by atoms with van der Waals surface area (Å²) in [4.78, 5) is 32.9. The van der Waals surface area contributed by atoms with Crippen molar-refractivity contribution in [2.24, 2.45) is 0 Å². The zero-order valence-electron chi connectivity index (χ0n) is 31.9. The monoisotopic (exact) mass is 789 g/mol. The van der Waals surface area contributed by atoms with Crippen molar-refractivity contribution in [3.63, 3.8) is 0 Å². The van der Waals surface area contributed by atoms with Crippen LogP contribution in [0.3, 0.4) is 0 Å². The van der Waals surface area contributed by atoms with Crippen molar-refractivity contribution in [2.45, 2.75) is 127 Å². The van der Waals surface area contributed by atoms with Gasteiger partial charge in [-0.2, -0.15) is 13.2 Å². The third kappa shape index (κ3) is 8.99. The molecule has 0 bridgehead atoms. The van der Waals surface area contributed by atoms with E-state index in [4.69, 9.17) is 14.2 Å². The van der Waals surface area contributed by atoms with Crippen LogP contribution in [0.25, 0.3) is 11.3 Å². The largest absolute Gasteiger partial charge is 0.487 e. The lowest BCUT2D eigenvalue weighted by molar-refractivity contribution is -0.270. The van der Waals surface area contributed by atoms with Crippen LogP contribution < -0.4 is 19.1 Å². The number of anilines is 1. The van der Waals surface area contributed by atoms with Crippen molar-refractivity contribution in [1.29, 1.82) is 0 Å². The summed E-state index contributed by atoms with van der Waals surface area (Å²) in [6, 6.07) is 10.3. The molecule has 2 N–H and O–H groups in total. The van der Waals surface area contributed by atoms with E-state index in [0.29, 0.717) is 11.5 Å². The Bertz CT molecular complexity index is 1990. The maximum atomic E-state index is 15.3. The summed E-state index contributed by atoms with van der Waals surface area (Å²) in [6.45, 7) is 11.4. The second-order valence-corrected chi connectivity index (χ2v) is 18.7. The van der Waals surface area contributed by atoms with Crippen LogP contribution in [0.1, 0.15) is 109 Å². The number of amides is 1. The number of rotatable bonds is 12. The first-order valence-corrected chi connectivity index (χ1v) is 19.4. The Morgan fingerprint density at radius 2 is 1.55 bits per heavy atom. The third-order valence-corrected chi connectivity index (χ3v) is 11.2. The lowest BCUT2D eigenvalue weighted by atomic mass is 9.86. The molecule has 2 heterocycles. The number of aromatic nitrogens is 1. The maximum absolute atomic E-state index is 15.3. The van der Waals surface area contributed by atoms with Crippen molar-refractivity contribution >= 4 is 28.5 Å². The molecule has 15 heteroatoms. The Kier molecular flexibility index (Phi) is 10.7. The van der Waals surface area contributed by atoms with E-state index in [9.17, 15) is 23.3 Å². The summed E-state index contributed by atoms with van der Waals surface area (Å²) in [5, 5.41) is 11.8. The highest BCUT2D eigenvalue weighted by atomic mass is 32.2. The molecular formula is C40H47F4N3O7S. The lowest BCUT2D eigenvalue weighted by Gasteiger charge is -2.33. The highest BCUT2D eigenvalue weighted by Gasteiger charge is 2.57. The Morgan fingerprint density at radius 3 is 2.09 bits per heavy atom. The predicted octanol–water partition coefficient (Wildman–Crippen LogP) is 8.41. The van der Waals surface area contributed by atoms with Gasteiger partial charge in [0.2, 0.25) is 5.60 Å². The molecule has 0 saturated heterocycles. The summed E-state index contributed by atoms with van der Waals surface area (Å²) < 4.78 is 93.4. The molecular weight excluding hydrogens is 743 g/mol. The van der Waals surface area contributed by atoms with Crippen LogP contribution in [0.15, 0.2) is 48.5 Å². The van der Waals surface area contributed by atoms with Crippen LogP contribution in [-0.2, 0) is 26.9 Å².